The van der Waals surface area contributed by atoms with Gasteiger partial charge in [0.1, 0.15) is 6.07 Å². The van der Waals surface area contributed by atoms with Crippen LogP contribution < -0.4 is 5.73 Å². The zero-order valence-electron chi connectivity index (χ0n) is 9.84. The first-order valence-electron chi connectivity index (χ1n) is 5.63. The van der Waals surface area contributed by atoms with E-state index < -0.39 is 0 Å². The van der Waals surface area contributed by atoms with Crippen LogP contribution in [0.4, 0.5) is 5.95 Å². The van der Waals surface area contributed by atoms with Gasteiger partial charge < -0.3 is 5.73 Å². The Kier molecular flexibility index (Phi) is 2.73. The van der Waals surface area contributed by atoms with Crippen molar-refractivity contribution in [2.45, 2.75) is 0 Å². The Bertz CT molecular complexity index is 814. The molecule has 0 atom stereocenters. The highest BCUT2D eigenvalue weighted by Gasteiger charge is 2.13. The van der Waals surface area contributed by atoms with Gasteiger partial charge in [-0.05, 0) is 30.3 Å². The molecule has 0 radical (unpaired) electrons. The van der Waals surface area contributed by atoms with E-state index in [1.807, 2.05) is 36.4 Å². The molecule has 0 fully saturated rings. The quantitative estimate of drug-likeness (QED) is 0.750. The molecule has 0 aliphatic carbocycles. The number of hydrogen-bond acceptors (Lipinski definition) is 3. The second kappa shape index (κ2) is 4.41. The molecule has 3 rings (SSSR count). The number of benzene rings is 2. The fourth-order valence-corrected chi connectivity index (χ4v) is 2.43. The minimum atomic E-state index is 0.371. The van der Waals surface area contributed by atoms with Crippen LogP contribution in [-0.2, 0) is 0 Å². The Labute approximate surface area is 118 Å². The molecule has 0 spiro atoms. The third-order valence-corrected chi connectivity index (χ3v) is 3.40. The fourth-order valence-electron chi connectivity index (χ4n) is 2.08. The zero-order chi connectivity index (χ0) is 13.4. The number of imidazole rings is 1. The van der Waals surface area contributed by atoms with Crippen molar-refractivity contribution in [1.82, 2.24) is 9.55 Å². The SMILES string of the molecule is N#Cc1ccc(Br)cc1-n1c(N)nc2ccccc21. The summed E-state index contributed by atoms with van der Waals surface area (Å²) in [6.07, 6.45) is 0. The predicted molar refractivity (Wildman–Crippen MR) is 77.9 cm³/mol. The Balaban J connectivity index is 2.40. The number of anilines is 1. The number of para-hydroxylation sites is 2. The highest BCUT2D eigenvalue weighted by atomic mass is 79.9. The van der Waals surface area contributed by atoms with Crippen LogP contribution in [-0.4, -0.2) is 9.55 Å². The third kappa shape index (κ3) is 1.86. The highest BCUT2D eigenvalue weighted by Crippen LogP contribution is 2.27. The Morgan fingerprint density at radius 3 is 2.79 bits per heavy atom. The lowest BCUT2D eigenvalue weighted by atomic mass is 10.2. The molecule has 0 aliphatic heterocycles. The molecule has 2 aromatic carbocycles. The summed E-state index contributed by atoms with van der Waals surface area (Å²) in [4.78, 5) is 4.31. The van der Waals surface area contributed by atoms with E-state index in [-0.39, 0.29) is 0 Å². The number of hydrogen-bond donors (Lipinski definition) is 1. The minimum absolute atomic E-state index is 0.371. The number of rotatable bonds is 1. The monoisotopic (exact) mass is 312 g/mol. The second-order valence-corrected chi connectivity index (χ2v) is 4.98. The van der Waals surface area contributed by atoms with Crippen molar-refractivity contribution in [3.8, 4) is 11.8 Å². The number of nitrogen functional groups attached to an aromatic ring is 1. The van der Waals surface area contributed by atoms with E-state index >= 15 is 0 Å². The van der Waals surface area contributed by atoms with Crippen LogP contribution in [0.5, 0.6) is 0 Å². The third-order valence-electron chi connectivity index (χ3n) is 2.91. The summed E-state index contributed by atoms with van der Waals surface area (Å²) in [5.41, 5.74) is 8.96. The lowest BCUT2D eigenvalue weighted by molar-refractivity contribution is 1.10. The van der Waals surface area contributed by atoms with Gasteiger partial charge in [-0.15, -0.1) is 0 Å². The normalized spacial score (nSPS) is 10.5. The summed E-state index contributed by atoms with van der Waals surface area (Å²) in [5, 5.41) is 9.23. The smallest absolute Gasteiger partial charge is 0.205 e. The molecule has 0 saturated heterocycles. The van der Waals surface area contributed by atoms with Gasteiger partial charge >= 0.3 is 0 Å². The van der Waals surface area contributed by atoms with Crippen LogP contribution in [0.3, 0.4) is 0 Å². The lowest BCUT2D eigenvalue weighted by Gasteiger charge is -2.09. The maximum atomic E-state index is 9.23. The van der Waals surface area contributed by atoms with Gasteiger partial charge in [0.25, 0.3) is 0 Å². The molecule has 92 valence electrons. The molecule has 19 heavy (non-hydrogen) atoms. The minimum Gasteiger partial charge on any atom is -0.369 e. The Hall–Kier alpha value is -2.32. The van der Waals surface area contributed by atoms with Crippen molar-refractivity contribution < 1.29 is 0 Å². The molecule has 1 aromatic heterocycles. The molecule has 0 saturated carbocycles. The molecular formula is C14H9BrN4. The van der Waals surface area contributed by atoms with Gasteiger partial charge in [0, 0.05) is 4.47 Å². The summed E-state index contributed by atoms with van der Waals surface area (Å²) in [5.74, 6) is 0.371. The number of nitrogens with zero attached hydrogens (tertiary/aromatic N) is 3. The van der Waals surface area contributed by atoms with Crippen molar-refractivity contribution >= 4 is 32.9 Å². The lowest BCUT2D eigenvalue weighted by Crippen LogP contribution is -2.02. The molecule has 4 nitrogen and oxygen atoms in total. The molecule has 2 N–H and O–H groups in total. The van der Waals surface area contributed by atoms with Crippen molar-refractivity contribution in [2.24, 2.45) is 0 Å². The summed E-state index contributed by atoms with van der Waals surface area (Å²) < 4.78 is 2.68. The van der Waals surface area contributed by atoms with Crippen LogP contribution in [0.2, 0.25) is 0 Å². The van der Waals surface area contributed by atoms with E-state index in [0.717, 1.165) is 21.2 Å². The van der Waals surface area contributed by atoms with E-state index in [9.17, 15) is 5.26 Å². The molecule has 0 aliphatic rings. The summed E-state index contributed by atoms with van der Waals surface area (Å²) in [6.45, 7) is 0. The maximum Gasteiger partial charge on any atom is 0.205 e. The first-order chi connectivity index (χ1) is 9.20. The van der Waals surface area contributed by atoms with Gasteiger partial charge in [-0.3, -0.25) is 4.57 Å². The maximum absolute atomic E-state index is 9.23. The molecular weight excluding hydrogens is 304 g/mol. The van der Waals surface area contributed by atoms with Crippen LogP contribution in [0.25, 0.3) is 16.7 Å². The summed E-state index contributed by atoms with van der Waals surface area (Å²) in [7, 11) is 0. The van der Waals surface area contributed by atoms with Gasteiger partial charge in [-0.25, -0.2) is 4.98 Å². The topological polar surface area (TPSA) is 67.6 Å². The zero-order valence-corrected chi connectivity index (χ0v) is 11.4. The van der Waals surface area contributed by atoms with E-state index in [0.29, 0.717) is 11.5 Å². The first kappa shape index (κ1) is 11.8. The number of halogens is 1. The number of aromatic nitrogens is 2. The Morgan fingerprint density at radius 2 is 2.00 bits per heavy atom. The van der Waals surface area contributed by atoms with Crippen molar-refractivity contribution in [2.75, 3.05) is 5.73 Å². The summed E-state index contributed by atoms with van der Waals surface area (Å²) in [6, 6.07) is 15.3. The fraction of sp³-hybridized carbons (Fsp3) is 0. The standard InChI is InChI=1S/C14H9BrN4/c15-10-6-5-9(8-16)13(7-10)19-12-4-2-1-3-11(12)18-14(19)17/h1-7H,(H2,17,18). The molecule has 3 aromatic rings. The van der Waals surface area contributed by atoms with Crippen LogP contribution >= 0.6 is 15.9 Å². The van der Waals surface area contributed by atoms with E-state index in [2.05, 4.69) is 27.0 Å². The highest BCUT2D eigenvalue weighted by molar-refractivity contribution is 9.10. The molecule has 0 amide bonds. The number of fused-ring (bicyclic) bond motifs is 1. The summed E-state index contributed by atoms with van der Waals surface area (Å²) >= 11 is 3.42. The average molecular weight is 313 g/mol. The first-order valence-corrected chi connectivity index (χ1v) is 6.43. The molecule has 0 bridgehead atoms. The Morgan fingerprint density at radius 1 is 1.21 bits per heavy atom. The molecule has 0 unspecified atom stereocenters. The van der Waals surface area contributed by atoms with E-state index in [1.165, 1.54) is 0 Å². The van der Waals surface area contributed by atoms with Gasteiger partial charge in [0.15, 0.2) is 0 Å². The van der Waals surface area contributed by atoms with Gasteiger partial charge in [0.05, 0.1) is 22.3 Å². The van der Waals surface area contributed by atoms with Crippen LogP contribution in [0.15, 0.2) is 46.9 Å². The largest absolute Gasteiger partial charge is 0.369 e. The van der Waals surface area contributed by atoms with E-state index in [1.54, 1.807) is 10.6 Å². The van der Waals surface area contributed by atoms with Crippen LogP contribution in [0.1, 0.15) is 5.56 Å². The predicted octanol–water partition coefficient (Wildman–Crippen LogP) is 3.24. The van der Waals surface area contributed by atoms with Crippen molar-refractivity contribution in [3.05, 3.63) is 52.5 Å². The molecule has 5 heteroatoms. The van der Waals surface area contributed by atoms with Crippen LogP contribution in [0, 0.1) is 11.3 Å². The van der Waals surface area contributed by atoms with Gasteiger partial charge in [-0.1, -0.05) is 28.1 Å². The molecule has 1 heterocycles. The van der Waals surface area contributed by atoms with Crippen molar-refractivity contribution in [3.63, 3.8) is 0 Å². The number of nitrogens with two attached hydrogens (primary N) is 1. The van der Waals surface area contributed by atoms with E-state index in [4.69, 9.17) is 5.73 Å². The van der Waals surface area contributed by atoms with Crippen molar-refractivity contribution in [1.29, 1.82) is 5.26 Å². The average Bonchev–Trinajstić information content (AvgIpc) is 2.74. The number of nitriles is 1. The second-order valence-electron chi connectivity index (χ2n) is 4.07. The van der Waals surface area contributed by atoms with Gasteiger partial charge in [0.2, 0.25) is 5.95 Å². The van der Waals surface area contributed by atoms with Gasteiger partial charge in [-0.2, -0.15) is 5.26 Å².